The van der Waals surface area contributed by atoms with Crippen molar-refractivity contribution in [2.45, 2.75) is 45.1 Å². The standard InChI is InChI=1S/C13H22O5/c1-3-12(15)17-9-10-18-13(16)8-6-4-5-7-11(2)14/h3,11,14H,1,4-10H2,2H3. The molecule has 0 fully saturated rings. The monoisotopic (exact) mass is 258 g/mol. The van der Waals surface area contributed by atoms with Crippen LogP contribution in [0.5, 0.6) is 0 Å². The van der Waals surface area contributed by atoms with Gasteiger partial charge in [0, 0.05) is 12.5 Å². The Morgan fingerprint density at radius 1 is 1.22 bits per heavy atom. The number of hydrogen-bond donors (Lipinski definition) is 1. The van der Waals surface area contributed by atoms with Crippen molar-refractivity contribution in [1.82, 2.24) is 0 Å². The van der Waals surface area contributed by atoms with Gasteiger partial charge >= 0.3 is 11.9 Å². The minimum atomic E-state index is -0.524. The van der Waals surface area contributed by atoms with Crippen LogP contribution in [0.25, 0.3) is 0 Å². The Kier molecular flexibility index (Phi) is 9.96. The van der Waals surface area contributed by atoms with Crippen LogP contribution in [0.3, 0.4) is 0 Å². The molecule has 0 aliphatic rings. The molecule has 0 aromatic rings. The van der Waals surface area contributed by atoms with E-state index in [0.29, 0.717) is 6.42 Å². The van der Waals surface area contributed by atoms with Gasteiger partial charge in [-0.1, -0.05) is 19.4 Å². The highest BCUT2D eigenvalue weighted by Gasteiger charge is 2.04. The van der Waals surface area contributed by atoms with E-state index >= 15 is 0 Å². The van der Waals surface area contributed by atoms with E-state index in [1.807, 2.05) is 0 Å². The van der Waals surface area contributed by atoms with E-state index in [2.05, 4.69) is 11.3 Å². The van der Waals surface area contributed by atoms with Crippen molar-refractivity contribution in [3.63, 3.8) is 0 Å². The zero-order chi connectivity index (χ0) is 13.8. The summed E-state index contributed by atoms with van der Waals surface area (Å²) in [5, 5.41) is 9.03. The summed E-state index contributed by atoms with van der Waals surface area (Å²) in [7, 11) is 0. The lowest BCUT2D eigenvalue weighted by atomic mass is 10.1. The molecule has 0 bridgehead atoms. The number of aliphatic hydroxyl groups excluding tert-OH is 1. The molecule has 1 atom stereocenters. The first-order valence-electron chi connectivity index (χ1n) is 6.19. The third kappa shape index (κ3) is 11.1. The van der Waals surface area contributed by atoms with Crippen molar-refractivity contribution in [3.05, 3.63) is 12.7 Å². The summed E-state index contributed by atoms with van der Waals surface area (Å²) in [5.41, 5.74) is 0. The lowest BCUT2D eigenvalue weighted by Crippen LogP contribution is -2.12. The number of rotatable bonds is 10. The van der Waals surface area contributed by atoms with E-state index in [-0.39, 0.29) is 25.3 Å². The first kappa shape index (κ1) is 16.6. The van der Waals surface area contributed by atoms with Gasteiger partial charge in [-0.15, -0.1) is 0 Å². The third-order valence-corrected chi connectivity index (χ3v) is 2.26. The zero-order valence-electron chi connectivity index (χ0n) is 10.9. The zero-order valence-corrected chi connectivity index (χ0v) is 10.9. The van der Waals surface area contributed by atoms with Crippen molar-refractivity contribution in [2.24, 2.45) is 0 Å². The van der Waals surface area contributed by atoms with Gasteiger partial charge in [-0.25, -0.2) is 4.79 Å². The second-order valence-corrected chi connectivity index (χ2v) is 4.04. The highest BCUT2D eigenvalue weighted by Crippen LogP contribution is 2.06. The fourth-order valence-electron chi connectivity index (χ4n) is 1.31. The van der Waals surface area contributed by atoms with Crippen LogP contribution < -0.4 is 0 Å². The van der Waals surface area contributed by atoms with Crippen LogP contribution in [0.1, 0.15) is 39.0 Å². The molecule has 0 heterocycles. The number of ether oxygens (including phenoxy) is 2. The molecule has 18 heavy (non-hydrogen) atoms. The number of aliphatic hydroxyl groups is 1. The lowest BCUT2D eigenvalue weighted by Gasteiger charge is -2.05. The van der Waals surface area contributed by atoms with E-state index < -0.39 is 5.97 Å². The minimum absolute atomic E-state index is 0.0542. The molecular formula is C13H22O5. The summed E-state index contributed by atoms with van der Waals surface area (Å²) < 4.78 is 9.51. The smallest absolute Gasteiger partial charge is 0.330 e. The van der Waals surface area contributed by atoms with Crippen molar-refractivity contribution in [1.29, 1.82) is 0 Å². The fraction of sp³-hybridized carbons (Fsp3) is 0.692. The Bertz CT molecular complexity index is 260. The van der Waals surface area contributed by atoms with Crippen LogP contribution in [0, 0.1) is 0 Å². The second-order valence-electron chi connectivity index (χ2n) is 4.04. The molecule has 0 aromatic carbocycles. The van der Waals surface area contributed by atoms with Crippen LogP contribution in [-0.2, 0) is 19.1 Å². The molecule has 0 rings (SSSR count). The SMILES string of the molecule is C=CC(=O)OCCOC(=O)CCCCCC(C)O. The van der Waals surface area contributed by atoms with E-state index in [4.69, 9.17) is 9.84 Å². The topological polar surface area (TPSA) is 72.8 Å². The summed E-state index contributed by atoms with van der Waals surface area (Å²) in [6, 6.07) is 0. The second kappa shape index (κ2) is 10.8. The predicted molar refractivity (Wildman–Crippen MR) is 66.9 cm³/mol. The molecule has 0 saturated heterocycles. The van der Waals surface area contributed by atoms with Gasteiger partial charge in [0.15, 0.2) is 0 Å². The number of unbranched alkanes of at least 4 members (excludes halogenated alkanes) is 2. The summed E-state index contributed by atoms with van der Waals surface area (Å²) in [4.78, 5) is 21.9. The Labute approximate surface area is 108 Å². The van der Waals surface area contributed by atoms with Gasteiger partial charge in [0.2, 0.25) is 0 Å². The quantitative estimate of drug-likeness (QED) is 0.366. The molecule has 104 valence electrons. The molecule has 5 nitrogen and oxygen atoms in total. The van der Waals surface area contributed by atoms with Crippen molar-refractivity contribution >= 4 is 11.9 Å². The minimum Gasteiger partial charge on any atom is -0.462 e. The largest absolute Gasteiger partial charge is 0.462 e. The van der Waals surface area contributed by atoms with E-state index in [0.717, 1.165) is 31.8 Å². The van der Waals surface area contributed by atoms with Crippen LogP contribution in [0.4, 0.5) is 0 Å². The normalized spacial score (nSPS) is 11.7. The molecule has 0 amide bonds. The first-order chi connectivity index (χ1) is 8.56. The Balaban J connectivity index is 3.32. The molecule has 1 N–H and O–H groups in total. The molecule has 0 aliphatic carbocycles. The Hall–Kier alpha value is -1.36. The predicted octanol–water partition coefficient (Wildman–Crippen LogP) is 1.59. The summed E-state index contributed by atoms with van der Waals surface area (Å²) in [6.07, 6.45) is 4.44. The molecule has 0 radical (unpaired) electrons. The van der Waals surface area contributed by atoms with Crippen LogP contribution in [-0.4, -0.2) is 36.4 Å². The average molecular weight is 258 g/mol. The Morgan fingerprint density at radius 2 is 1.89 bits per heavy atom. The number of carbonyl (C=O) groups excluding carboxylic acids is 2. The average Bonchev–Trinajstić information content (AvgIpc) is 2.33. The first-order valence-corrected chi connectivity index (χ1v) is 6.19. The van der Waals surface area contributed by atoms with Crippen LogP contribution >= 0.6 is 0 Å². The molecule has 5 heteroatoms. The van der Waals surface area contributed by atoms with Crippen molar-refractivity contribution < 1.29 is 24.2 Å². The van der Waals surface area contributed by atoms with Gasteiger partial charge < -0.3 is 14.6 Å². The number of esters is 2. The maximum atomic E-state index is 11.2. The molecule has 1 unspecified atom stereocenters. The van der Waals surface area contributed by atoms with Crippen molar-refractivity contribution in [3.8, 4) is 0 Å². The van der Waals surface area contributed by atoms with Gasteiger partial charge in [-0.05, 0) is 19.8 Å². The maximum absolute atomic E-state index is 11.2. The number of hydrogen-bond acceptors (Lipinski definition) is 5. The maximum Gasteiger partial charge on any atom is 0.330 e. The number of carbonyl (C=O) groups is 2. The highest BCUT2D eigenvalue weighted by atomic mass is 16.6. The van der Waals surface area contributed by atoms with Crippen LogP contribution in [0.15, 0.2) is 12.7 Å². The summed E-state index contributed by atoms with van der Waals surface area (Å²) in [6.45, 7) is 5.12. The molecule has 0 spiro atoms. The van der Waals surface area contributed by atoms with Crippen molar-refractivity contribution in [2.75, 3.05) is 13.2 Å². The summed E-state index contributed by atoms with van der Waals surface area (Å²) >= 11 is 0. The van der Waals surface area contributed by atoms with E-state index in [9.17, 15) is 9.59 Å². The van der Waals surface area contributed by atoms with Gasteiger partial charge in [-0.3, -0.25) is 4.79 Å². The van der Waals surface area contributed by atoms with E-state index in [1.54, 1.807) is 6.92 Å². The Morgan fingerprint density at radius 3 is 2.50 bits per heavy atom. The lowest BCUT2D eigenvalue weighted by molar-refractivity contribution is -0.149. The van der Waals surface area contributed by atoms with Crippen LogP contribution in [0.2, 0.25) is 0 Å². The van der Waals surface area contributed by atoms with Gasteiger partial charge in [0.05, 0.1) is 6.10 Å². The molecular weight excluding hydrogens is 236 g/mol. The molecule has 0 saturated carbocycles. The fourth-order valence-corrected chi connectivity index (χ4v) is 1.31. The highest BCUT2D eigenvalue weighted by molar-refractivity contribution is 5.81. The van der Waals surface area contributed by atoms with E-state index in [1.165, 1.54) is 0 Å². The van der Waals surface area contributed by atoms with Gasteiger partial charge in [0.25, 0.3) is 0 Å². The summed E-state index contributed by atoms with van der Waals surface area (Å²) in [5.74, 6) is -0.814. The van der Waals surface area contributed by atoms with Gasteiger partial charge in [0.1, 0.15) is 13.2 Å². The van der Waals surface area contributed by atoms with Gasteiger partial charge in [-0.2, -0.15) is 0 Å². The molecule has 0 aromatic heterocycles. The molecule has 0 aliphatic heterocycles. The third-order valence-electron chi connectivity index (χ3n) is 2.26.